The highest BCUT2D eigenvalue weighted by atomic mass is 32.2. The van der Waals surface area contributed by atoms with Crippen LogP contribution in [0.25, 0.3) is 21.8 Å². The predicted molar refractivity (Wildman–Crippen MR) is 148 cm³/mol. The molecule has 7 rings (SSSR count). The van der Waals surface area contributed by atoms with Gasteiger partial charge in [0.15, 0.2) is 0 Å². The lowest BCUT2D eigenvalue weighted by molar-refractivity contribution is 0.106. The van der Waals surface area contributed by atoms with Gasteiger partial charge in [0, 0.05) is 28.2 Å². The highest BCUT2D eigenvalue weighted by molar-refractivity contribution is 7.98. The van der Waals surface area contributed by atoms with Gasteiger partial charge in [0.2, 0.25) is 0 Å². The van der Waals surface area contributed by atoms with Crippen LogP contribution in [0.3, 0.4) is 0 Å². The molecule has 36 heavy (non-hydrogen) atoms. The first-order valence-electron chi connectivity index (χ1n) is 13.2. The van der Waals surface area contributed by atoms with E-state index in [1.807, 2.05) is 0 Å². The molecule has 4 atom stereocenters. The van der Waals surface area contributed by atoms with Crippen LogP contribution in [0, 0.1) is 23.2 Å². The molecule has 1 heterocycles. The zero-order chi connectivity index (χ0) is 24.8. The normalized spacial score (nSPS) is 26.2. The van der Waals surface area contributed by atoms with Gasteiger partial charge in [-0.25, -0.2) is 0 Å². The van der Waals surface area contributed by atoms with Crippen LogP contribution in [0.4, 0.5) is 0 Å². The van der Waals surface area contributed by atoms with Crippen molar-refractivity contribution in [3.8, 4) is 11.8 Å². The molecule has 1 saturated carbocycles. The van der Waals surface area contributed by atoms with E-state index in [9.17, 15) is 5.26 Å². The number of methoxy groups -OCH3 is 1. The third-order valence-corrected chi connectivity index (χ3v) is 10.9. The van der Waals surface area contributed by atoms with E-state index in [1.54, 1.807) is 30.0 Å². The van der Waals surface area contributed by atoms with Crippen molar-refractivity contribution < 1.29 is 4.74 Å². The van der Waals surface area contributed by atoms with E-state index >= 15 is 0 Å². The summed E-state index contributed by atoms with van der Waals surface area (Å²) in [6.45, 7) is 2.55. The van der Waals surface area contributed by atoms with Crippen molar-refractivity contribution in [3.63, 3.8) is 0 Å². The summed E-state index contributed by atoms with van der Waals surface area (Å²) in [6.07, 6.45) is 8.08. The summed E-state index contributed by atoms with van der Waals surface area (Å²) in [5.74, 6) is 2.90. The summed E-state index contributed by atoms with van der Waals surface area (Å²) in [5, 5.41) is 12.8. The maximum absolute atomic E-state index is 10.4. The van der Waals surface area contributed by atoms with Crippen LogP contribution in [0.15, 0.2) is 47.4 Å². The van der Waals surface area contributed by atoms with E-state index in [0.29, 0.717) is 17.8 Å². The number of nitriles is 1. The van der Waals surface area contributed by atoms with Gasteiger partial charge in [-0.2, -0.15) is 5.26 Å². The Labute approximate surface area is 217 Å². The maximum Gasteiger partial charge on any atom is 0.119 e. The van der Waals surface area contributed by atoms with Crippen LogP contribution < -0.4 is 4.74 Å². The number of aryl methyl sites for hydroxylation is 2. The monoisotopic (exact) mass is 492 g/mol. The molecule has 1 fully saturated rings. The molecule has 0 bridgehead atoms. The Morgan fingerprint density at radius 1 is 1.17 bits per heavy atom. The van der Waals surface area contributed by atoms with Crippen molar-refractivity contribution in [2.45, 2.75) is 55.3 Å². The number of ether oxygens (including phenoxy) is 1. The van der Waals surface area contributed by atoms with Crippen molar-refractivity contribution in [3.05, 3.63) is 70.3 Å². The second kappa shape index (κ2) is 7.80. The Bertz CT molecular complexity index is 1610. The van der Waals surface area contributed by atoms with Gasteiger partial charge in [-0.3, -0.25) is 0 Å². The fourth-order valence-corrected chi connectivity index (χ4v) is 9.30. The average molecular weight is 493 g/mol. The first kappa shape index (κ1) is 22.3. The molecule has 0 unspecified atom stereocenters. The van der Waals surface area contributed by atoms with E-state index < -0.39 is 0 Å². The minimum Gasteiger partial charge on any atom is -0.497 e. The van der Waals surface area contributed by atoms with Crippen molar-refractivity contribution in [1.29, 1.82) is 5.26 Å². The standard InChI is InChI=1S/C32H32N2OS/c1-32-14-13-21-20-12-10-19(35-3)15-18(20)9-11-22(21)26(32)16-24-29(32)30-28(25(17-33)31(24)36-4)23-7-5-6-8-27(23)34(30)2/h5-8,10,12,15,21-22,26H,9,11,13-14,16H2,1-4H3/t21-,22-,26+,32+/m1/s1. The van der Waals surface area contributed by atoms with Crippen LogP contribution >= 0.6 is 11.8 Å². The number of hydrogen-bond donors (Lipinski definition) is 0. The third-order valence-electron chi connectivity index (χ3n) is 10.0. The largest absolute Gasteiger partial charge is 0.497 e. The molecule has 3 aliphatic carbocycles. The molecule has 4 heteroatoms. The van der Waals surface area contributed by atoms with Crippen molar-refractivity contribution in [2.75, 3.05) is 13.4 Å². The van der Waals surface area contributed by atoms with Crippen LogP contribution in [-0.4, -0.2) is 17.9 Å². The van der Waals surface area contributed by atoms with Gasteiger partial charge < -0.3 is 9.30 Å². The molecule has 3 aromatic carbocycles. The number of rotatable bonds is 2. The Morgan fingerprint density at radius 2 is 2.00 bits per heavy atom. The van der Waals surface area contributed by atoms with Gasteiger partial charge in [0.05, 0.1) is 18.2 Å². The maximum atomic E-state index is 10.4. The first-order valence-corrected chi connectivity index (χ1v) is 14.4. The van der Waals surface area contributed by atoms with Gasteiger partial charge in [-0.1, -0.05) is 31.2 Å². The van der Waals surface area contributed by atoms with Gasteiger partial charge in [-0.15, -0.1) is 11.8 Å². The van der Waals surface area contributed by atoms with E-state index in [4.69, 9.17) is 4.74 Å². The Morgan fingerprint density at radius 3 is 2.78 bits per heavy atom. The number of benzene rings is 3. The minimum absolute atomic E-state index is 0.138. The average Bonchev–Trinajstić information content (AvgIpc) is 3.38. The molecule has 0 amide bonds. The summed E-state index contributed by atoms with van der Waals surface area (Å²) in [6, 6.07) is 18.1. The quantitative estimate of drug-likeness (QED) is 0.272. The fourth-order valence-electron chi connectivity index (χ4n) is 8.51. The van der Waals surface area contributed by atoms with Crippen molar-refractivity contribution in [1.82, 2.24) is 4.57 Å². The molecule has 182 valence electrons. The zero-order valence-electron chi connectivity index (χ0n) is 21.5. The van der Waals surface area contributed by atoms with Crippen LogP contribution in [0.1, 0.15) is 59.9 Å². The summed E-state index contributed by atoms with van der Waals surface area (Å²) in [4.78, 5) is 1.23. The van der Waals surface area contributed by atoms with Crippen LogP contribution in [-0.2, 0) is 25.3 Å². The van der Waals surface area contributed by atoms with E-state index in [-0.39, 0.29) is 5.41 Å². The Kier molecular flexibility index (Phi) is 4.83. The number of nitrogens with zero attached hydrogens (tertiary/aromatic N) is 2. The highest BCUT2D eigenvalue weighted by Crippen LogP contribution is 2.63. The number of hydrogen-bond acceptors (Lipinski definition) is 3. The van der Waals surface area contributed by atoms with Gasteiger partial charge >= 0.3 is 0 Å². The summed E-state index contributed by atoms with van der Waals surface area (Å²) in [5.41, 5.74) is 9.61. The van der Waals surface area contributed by atoms with Crippen LogP contribution in [0.5, 0.6) is 5.75 Å². The third kappa shape index (κ3) is 2.70. The molecule has 0 radical (unpaired) electrons. The zero-order valence-corrected chi connectivity index (χ0v) is 22.3. The molecule has 3 aliphatic rings. The van der Waals surface area contributed by atoms with Gasteiger partial charge in [-0.05, 0) is 102 Å². The second-order valence-electron chi connectivity index (χ2n) is 11.3. The highest BCUT2D eigenvalue weighted by Gasteiger charge is 2.54. The number of aromatic nitrogens is 1. The number of para-hydroxylation sites is 1. The molecule has 0 spiro atoms. The fraction of sp³-hybridized carbons (Fsp3) is 0.406. The Balaban J connectivity index is 1.46. The predicted octanol–water partition coefficient (Wildman–Crippen LogP) is 7.50. The molecule has 4 aromatic rings. The molecular formula is C32H32N2OS. The lowest BCUT2D eigenvalue weighted by Gasteiger charge is -2.49. The van der Waals surface area contributed by atoms with E-state index in [1.165, 1.54) is 57.1 Å². The molecule has 1 aromatic heterocycles. The Hall–Kier alpha value is -2.90. The summed E-state index contributed by atoms with van der Waals surface area (Å²) in [7, 11) is 3.97. The second-order valence-corrected chi connectivity index (χ2v) is 12.1. The number of thioether (sulfide) groups is 1. The first-order chi connectivity index (χ1) is 17.5. The summed E-state index contributed by atoms with van der Waals surface area (Å²) < 4.78 is 7.92. The van der Waals surface area contributed by atoms with E-state index in [0.717, 1.165) is 24.2 Å². The summed E-state index contributed by atoms with van der Waals surface area (Å²) >= 11 is 1.78. The van der Waals surface area contributed by atoms with Crippen molar-refractivity contribution >= 4 is 33.6 Å². The lowest BCUT2D eigenvalue weighted by atomic mass is 9.55. The lowest BCUT2D eigenvalue weighted by Crippen LogP contribution is -2.43. The topological polar surface area (TPSA) is 37.9 Å². The van der Waals surface area contributed by atoms with Crippen molar-refractivity contribution in [2.24, 2.45) is 18.9 Å². The molecule has 0 N–H and O–H groups in total. The molecule has 0 saturated heterocycles. The van der Waals surface area contributed by atoms with Gasteiger partial charge in [0.25, 0.3) is 0 Å². The molecular weight excluding hydrogens is 460 g/mol. The van der Waals surface area contributed by atoms with Gasteiger partial charge in [0.1, 0.15) is 11.8 Å². The molecule has 0 aliphatic heterocycles. The SMILES string of the molecule is COc1ccc2c(c1)CC[C@@H]1[C@@H]2CC[C@]2(C)c3c(c(SC)c(C#N)c4c5ccccc5n(C)c34)C[C@@H]12. The smallest absolute Gasteiger partial charge is 0.119 e. The van der Waals surface area contributed by atoms with E-state index in [2.05, 4.69) is 73.3 Å². The number of fused-ring (bicyclic) bond motifs is 11. The van der Waals surface area contributed by atoms with Crippen LogP contribution in [0.2, 0.25) is 0 Å². The minimum atomic E-state index is 0.138. The molecule has 3 nitrogen and oxygen atoms in total.